The minimum atomic E-state index is -1.38. The van der Waals surface area contributed by atoms with Crippen molar-refractivity contribution in [1.29, 1.82) is 5.26 Å². The van der Waals surface area contributed by atoms with Crippen molar-refractivity contribution in [3.8, 4) is 6.07 Å². The molecule has 2 aromatic heterocycles. The number of nitriles is 1. The summed E-state index contributed by atoms with van der Waals surface area (Å²) in [5, 5.41) is 19.6. The summed E-state index contributed by atoms with van der Waals surface area (Å²) in [5.41, 5.74) is -0.733. The summed E-state index contributed by atoms with van der Waals surface area (Å²) in [4.78, 5) is 40.2. The van der Waals surface area contributed by atoms with Crippen LogP contribution in [-0.2, 0) is 6.54 Å². The largest absolute Gasteiger partial charge is 0.519 e. The molecule has 2 atom stereocenters. The lowest BCUT2D eigenvalue weighted by Crippen LogP contribution is -2.44. The standard InChI is InChI=1S/C26H25FN4O6/c1-13-21(37-26(35)36-13)12-29-6-2-3-14-9-30(11-20(14)29)23-17(8-28)22-16(7-19(23)27)24(32)18(25(33)34)10-31(22)15-4-5-15/h7,10,14-15,20H,2-6,9,11-12H2,1H3,(H,33,34)/t14-,20+/m0/s1. The lowest BCUT2D eigenvalue weighted by Gasteiger charge is -2.36. The molecule has 1 aliphatic carbocycles. The fraction of sp³-hybridized carbons (Fsp3) is 0.462. The molecule has 0 radical (unpaired) electrons. The van der Waals surface area contributed by atoms with Crippen LogP contribution in [0.5, 0.6) is 0 Å². The molecule has 3 aliphatic rings. The van der Waals surface area contributed by atoms with Crippen molar-refractivity contribution in [2.45, 2.75) is 51.2 Å². The first-order valence-electron chi connectivity index (χ1n) is 12.4. The first kappa shape index (κ1) is 23.5. The topological polar surface area (TPSA) is 133 Å². The number of piperidine rings is 1. The van der Waals surface area contributed by atoms with Crippen LogP contribution in [0.15, 0.2) is 30.7 Å². The maximum absolute atomic E-state index is 15.7. The molecule has 2 aliphatic heterocycles. The molecular weight excluding hydrogens is 483 g/mol. The summed E-state index contributed by atoms with van der Waals surface area (Å²) in [6.07, 6.45) is 4.75. The van der Waals surface area contributed by atoms with Crippen molar-refractivity contribution < 1.29 is 23.1 Å². The molecule has 2 saturated heterocycles. The van der Waals surface area contributed by atoms with Crippen LogP contribution >= 0.6 is 0 Å². The number of aryl methyl sites for hydroxylation is 1. The summed E-state index contributed by atoms with van der Waals surface area (Å²) in [5.74, 6) is -1.70. The number of carboxylic acids is 1. The zero-order valence-corrected chi connectivity index (χ0v) is 20.2. The molecular formula is C26H25FN4O6. The number of hydrogen-bond donors (Lipinski definition) is 1. The van der Waals surface area contributed by atoms with Crippen LogP contribution in [0.2, 0.25) is 0 Å². The Morgan fingerprint density at radius 2 is 2.03 bits per heavy atom. The maximum Gasteiger partial charge on any atom is 0.519 e. The molecule has 192 valence electrons. The monoisotopic (exact) mass is 508 g/mol. The van der Waals surface area contributed by atoms with Crippen molar-refractivity contribution in [3.63, 3.8) is 0 Å². The second kappa shape index (κ2) is 8.59. The number of aromatic nitrogens is 1. The summed E-state index contributed by atoms with van der Waals surface area (Å²) < 4.78 is 27.6. The van der Waals surface area contributed by atoms with E-state index in [-0.39, 0.29) is 34.6 Å². The minimum absolute atomic E-state index is 0.0314. The third-order valence-electron chi connectivity index (χ3n) is 7.92. The molecule has 0 amide bonds. The molecule has 0 unspecified atom stereocenters. The van der Waals surface area contributed by atoms with E-state index in [4.69, 9.17) is 8.83 Å². The van der Waals surface area contributed by atoms with Gasteiger partial charge in [0.1, 0.15) is 28.8 Å². The predicted molar refractivity (Wildman–Crippen MR) is 129 cm³/mol. The highest BCUT2D eigenvalue weighted by molar-refractivity contribution is 5.96. The van der Waals surface area contributed by atoms with Gasteiger partial charge in [-0.15, -0.1) is 0 Å². The quantitative estimate of drug-likeness (QED) is 0.552. The molecule has 37 heavy (non-hydrogen) atoms. The van der Waals surface area contributed by atoms with E-state index in [0.717, 1.165) is 38.3 Å². The average molecular weight is 509 g/mol. The molecule has 10 nitrogen and oxygen atoms in total. The first-order chi connectivity index (χ1) is 17.8. The number of anilines is 1. The second-order valence-corrected chi connectivity index (χ2v) is 10.2. The van der Waals surface area contributed by atoms with E-state index < -0.39 is 28.6 Å². The van der Waals surface area contributed by atoms with E-state index in [0.29, 0.717) is 36.7 Å². The Morgan fingerprint density at radius 1 is 1.24 bits per heavy atom. The number of rotatable bonds is 5. The third kappa shape index (κ3) is 3.83. The lowest BCUT2D eigenvalue weighted by molar-refractivity contribution is 0.0694. The zero-order valence-electron chi connectivity index (χ0n) is 20.2. The molecule has 1 saturated carbocycles. The summed E-state index contributed by atoms with van der Waals surface area (Å²) in [6.45, 7) is 3.86. The highest BCUT2D eigenvalue weighted by Crippen LogP contribution is 2.42. The Labute approximate surface area is 210 Å². The lowest BCUT2D eigenvalue weighted by atomic mass is 9.92. The molecule has 3 fully saturated rings. The number of nitrogens with zero attached hydrogens (tertiary/aromatic N) is 4. The molecule has 1 aromatic carbocycles. The van der Waals surface area contributed by atoms with Crippen LogP contribution in [0.3, 0.4) is 0 Å². The van der Waals surface area contributed by atoms with Crippen LogP contribution in [-0.4, -0.2) is 46.2 Å². The number of likely N-dealkylation sites (tertiary alicyclic amines) is 1. The van der Waals surface area contributed by atoms with Gasteiger partial charge >= 0.3 is 11.8 Å². The molecule has 0 spiro atoms. The maximum atomic E-state index is 15.7. The van der Waals surface area contributed by atoms with E-state index in [1.54, 1.807) is 11.5 Å². The van der Waals surface area contributed by atoms with Crippen molar-refractivity contribution in [2.24, 2.45) is 5.92 Å². The van der Waals surface area contributed by atoms with Gasteiger partial charge in [0.15, 0.2) is 5.76 Å². The highest BCUT2D eigenvalue weighted by atomic mass is 19.1. The van der Waals surface area contributed by atoms with Gasteiger partial charge in [0.2, 0.25) is 5.43 Å². The molecule has 11 heteroatoms. The Kier molecular flexibility index (Phi) is 5.45. The van der Waals surface area contributed by atoms with Crippen LogP contribution in [0.25, 0.3) is 10.9 Å². The van der Waals surface area contributed by atoms with Gasteiger partial charge in [-0.1, -0.05) is 0 Å². The SMILES string of the molecule is Cc1oc(=O)oc1CN1CCC[C@H]2CN(c3c(F)cc4c(=O)c(C(=O)O)cn(C5CC5)c4c3C#N)C[C@H]21. The van der Waals surface area contributed by atoms with Gasteiger partial charge in [-0.2, -0.15) is 5.26 Å². The number of hydrogen-bond acceptors (Lipinski definition) is 8. The summed E-state index contributed by atoms with van der Waals surface area (Å²) in [7, 11) is 0. The van der Waals surface area contributed by atoms with Crippen LogP contribution in [0.1, 0.15) is 59.2 Å². The molecule has 0 bridgehead atoms. The number of aromatic carboxylic acids is 1. The van der Waals surface area contributed by atoms with E-state index in [1.807, 2.05) is 4.90 Å². The van der Waals surface area contributed by atoms with Gasteiger partial charge in [0, 0.05) is 31.4 Å². The average Bonchev–Trinajstić information content (AvgIpc) is 3.52. The third-order valence-corrected chi connectivity index (χ3v) is 7.92. The fourth-order valence-electron chi connectivity index (χ4n) is 6.04. The van der Waals surface area contributed by atoms with Gasteiger partial charge in [-0.25, -0.2) is 14.0 Å². The van der Waals surface area contributed by atoms with Gasteiger partial charge in [0.25, 0.3) is 0 Å². The summed E-state index contributed by atoms with van der Waals surface area (Å²) in [6, 6.07) is 3.24. The molecule has 3 aromatic rings. The van der Waals surface area contributed by atoms with E-state index in [9.17, 15) is 24.8 Å². The van der Waals surface area contributed by atoms with Gasteiger partial charge < -0.3 is 23.4 Å². The van der Waals surface area contributed by atoms with Gasteiger partial charge in [-0.05, 0) is 51.1 Å². The molecule has 6 rings (SSSR count). The van der Waals surface area contributed by atoms with Gasteiger partial charge in [-0.3, -0.25) is 9.69 Å². The van der Waals surface area contributed by atoms with Crippen LogP contribution in [0.4, 0.5) is 10.1 Å². The normalized spacial score (nSPS) is 21.8. The number of carboxylic acid groups (broad SMARTS) is 1. The number of carbonyl (C=O) groups is 1. The van der Waals surface area contributed by atoms with Crippen molar-refractivity contribution in [3.05, 3.63) is 61.6 Å². The van der Waals surface area contributed by atoms with E-state index in [2.05, 4.69) is 11.0 Å². The Balaban J connectivity index is 1.42. The predicted octanol–water partition coefficient (Wildman–Crippen LogP) is 3.00. The molecule has 1 N–H and O–H groups in total. The van der Waals surface area contributed by atoms with Crippen LogP contribution < -0.4 is 16.2 Å². The Bertz CT molecular complexity index is 1590. The number of fused-ring (bicyclic) bond motifs is 2. The van der Waals surface area contributed by atoms with E-state index in [1.165, 1.54) is 6.20 Å². The minimum Gasteiger partial charge on any atom is -0.477 e. The Hall–Kier alpha value is -3.91. The fourth-order valence-corrected chi connectivity index (χ4v) is 6.04. The summed E-state index contributed by atoms with van der Waals surface area (Å²) >= 11 is 0. The van der Waals surface area contributed by atoms with Gasteiger partial charge in [0.05, 0.1) is 23.1 Å². The van der Waals surface area contributed by atoms with Crippen molar-refractivity contribution >= 4 is 22.6 Å². The highest BCUT2D eigenvalue weighted by Gasteiger charge is 2.41. The smallest absolute Gasteiger partial charge is 0.477 e. The first-order valence-corrected chi connectivity index (χ1v) is 12.4. The van der Waals surface area contributed by atoms with Crippen LogP contribution in [0, 0.1) is 30.0 Å². The van der Waals surface area contributed by atoms with E-state index >= 15 is 4.39 Å². The Morgan fingerprint density at radius 3 is 2.68 bits per heavy atom. The number of halogens is 1. The zero-order chi connectivity index (χ0) is 26.0. The molecule has 4 heterocycles. The van der Waals surface area contributed by atoms with Crippen molar-refractivity contribution in [1.82, 2.24) is 9.47 Å². The second-order valence-electron chi connectivity index (χ2n) is 10.2. The number of pyridine rings is 1. The number of benzene rings is 1. The van der Waals surface area contributed by atoms with Crippen molar-refractivity contribution in [2.75, 3.05) is 24.5 Å².